The van der Waals surface area contributed by atoms with Crippen molar-refractivity contribution >= 4 is 39.2 Å². The van der Waals surface area contributed by atoms with Gasteiger partial charge < -0.3 is 10.4 Å². The Hall–Kier alpha value is -0.740. The second-order valence-electron chi connectivity index (χ2n) is 3.45. The van der Waals surface area contributed by atoms with E-state index in [0.717, 1.165) is 10.9 Å². The highest BCUT2D eigenvalue weighted by molar-refractivity contribution is 9.10. The van der Waals surface area contributed by atoms with Gasteiger partial charge in [0.05, 0.1) is 5.02 Å². The average Bonchev–Trinajstić information content (AvgIpc) is 2.22. The molecule has 0 aliphatic rings. The van der Waals surface area contributed by atoms with Crippen LogP contribution in [0.3, 0.4) is 0 Å². The summed E-state index contributed by atoms with van der Waals surface area (Å²) in [6, 6.07) is 4.72. The predicted octanol–water partition coefficient (Wildman–Crippen LogP) is 3.77. The van der Waals surface area contributed by atoms with Crippen molar-refractivity contribution in [3.63, 3.8) is 0 Å². The lowest BCUT2D eigenvalue weighted by atomic mass is 10.1. The van der Waals surface area contributed by atoms with Gasteiger partial charge in [-0.1, -0.05) is 24.9 Å². The summed E-state index contributed by atoms with van der Waals surface area (Å²) in [4.78, 5) is 10.9. The van der Waals surface area contributed by atoms with Crippen molar-refractivity contribution in [1.82, 2.24) is 0 Å². The van der Waals surface area contributed by atoms with Gasteiger partial charge in [-0.05, 0) is 40.5 Å². The predicted molar refractivity (Wildman–Crippen MR) is 69.1 cm³/mol. The summed E-state index contributed by atoms with van der Waals surface area (Å²) in [7, 11) is 0. The lowest BCUT2D eigenvalue weighted by Crippen LogP contribution is -2.28. The van der Waals surface area contributed by atoms with Crippen molar-refractivity contribution in [2.45, 2.75) is 25.8 Å². The van der Waals surface area contributed by atoms with E-state index in [0.29, 0.717) is 17.1 Å². The minimum Gasteiger partial charge on any atom is -0.480 e. The molecule has 0 aromatic heterocycles. The molecule has 1 unspecified atom stereocenters. The van der Waals surface area contributed by atoms with E-state index in [4.69, 9.17) is 16.7 Å². The van der Waals surface area contributed by atoms with E-state index in [1.54, 1.807) is 18.2 Å². The van der Waals surface area contributed by atoms with Crippen molar-refractivity contribution in [2.75, 3.05) is 5.32 Å². The molecule has 0 saturated heterocycles. The lowest BCUT2D eigenvalue weighted by molar-refractivity contribution is -0.138. The smallest absolute Gasteiger partial charge is 0.326 e. The molecule has 3 nitrogen and oxygen atoms in total. The Labute approximate surface area is 108 Å². The SMILES string of the molecule is CCCC(Nc1ccc(Br)c(Cl)c1)C(=O)O. The molecule has 1 aromatic carbocycles. The number of hydrogen-bond acceptors (Lipinski definition) is 2. The van der Waals surface area contributed by atoms with E-state index in [1.165, 1.54) is 0 Å². The zero-order valence-corrected chi connectivity index (χ0v) is 11.2. The molecular formula is C11H13BrClNO2. The highest BCUT2D eigenvalue weighted by Crippen LogP contribution is 2.26. The Kier molecular flexibility index (Phi) is 5.09. The molecule has 0 fully saturated rings. The first-order valence-corrected chi connectivity index (χ1v) is 6.16. The first-order chi connectivity index (χ1) is 7.54. The largest absolute Gasteiger partial charge is 0.480 e. The Morgan fingerprint density at radius 1 is 1.62 bits per heavy atom. The molecule has 0 radical (unpaired) electrons. The molecule has 0 saturated carbocycles. The fourth-order valence-electron chi connectivity index (χ4n) is 1.33. The maximum absolute atomic E-state index is 10.9. The van der Waals surface area contributed by atoms with Crippen LogP contribution in [-0.2, 0) is 4.79 Å². The van der Waals surface area contributed by atoms with Crippen LogP contribution in [0.2, 0.25) is 5.02 Å². The third-order valence-corrected chi connectivity index (χ3v) is 3.37. The van der Waals surface area contributed by atoms with E-state index < -0.39 is 12.0 Å². The Bertz CT molecular complexity index is 384. The molecule has 0 heterocycles. The maximum atomic E-state index is 10.9. The molecule has 0 amide bonds. The van der Waals surface area contributed by atoms with Crippen LogP contribution in [0.1, 0.15) is 19.8 Å². The van der Waals surface area contributed by atoms with Gasteiger partial charge >= 0.3 is 5.97 Å². The van der Waals surface area contributed by atoms with Crippen LogP contribution < -0.4 is 5.32 Å². The summed E-state index contributed by atoms with van der Waals surface area (Å²) in [6.07, 6.45) is 1.40. The van der Waals surface area contributed by atoms with Gasteiger partial charge in [0.15, 0.2) is 0 Å². The minimum absolute atomic E-state index is 0.561. The van der Waals surface area contributed by atoms with Crippen molar-refractivity contribution in [3.05, 3.63) is 27.7 Å². The van der Waals surface area contributed by atoms with Gasteiger partial charge in [0.2, 0.25) is 0 Å². The van der Waals surface area contributed by atoms with E-state index in [9.17, 15) is 4.79 Å². The van der Waals surface area contributed by atoms with Crippen LogP contribution in [0, 0.1) is 0 Å². The standard InChI is InChI=1S/C11H13BrClNO2/c1-2-3-10(11(15)16)14-7-4-5-8(12)9(13)6-7/h4-6,10,14H,2-3H2,1H3,(H,15,16). The number of anilines is 1. The Morgan fingerprint density at radius 3 is 2.81 bits per heavy atom. The van der Waals surface area contributed by atoms with Crippen LogP contribution in [0.5, 0.6) is 0 Å². The van der Waals surface area contributed by atoms with Crippen LogP contribution in [0.15, 0.2) is 22.7 Å². The minimum atomic E-state index is -0.846. The summed E-state index contributed by atoms with van der Waals surface area (Å²) >= 11 is 9.20. The molecule has 16 heavy (non-hydrogen) atoms. The van der Waals surface area contributed by atoms with Crippen molar-refractivity contribution < 1.29 is 9.90 Å². The van der Waals surface area contributed by atoms with Gasteiger partial charge in [-0.2, -0.15) is 0 Å². The third-order valence-electron chi connectivity index (χ3n) is 2.14. The zero-order chi connectivity index (χ0) is 12.1. The fourth-order valence-corrected chi connectivity index (χ4v) is 1.76. The third kappa shape index (κ3) is 3.68. The molecule has 0 aliphatic carbocycles. The first kappa shape index (κ1) is 13.3. The van der Waals surface area contributed by atoms with Gasteiger partial charge in [-0.15, -0.1) is 0 Å². The monoisotopic (exact) mass is 305 g/mol. The number of halogens is 2. The number of rotatable bonds is 5. The van der Waals surface area contributed by atoms with E-state index in [1.807, 2.05) is 6.92 Å². The second-order valence-corrected chi connectivity index (χ2v) is 4.71. The maximum Gasteiger partial charge on any atom is 0.326 e. The van der Waals surface area contributed by atoms with E-state index in [-0.39, 0.29) is 0 Å². The van der Waals surface area contributed by atoms with Crippen LogP contribution in [-0.4, -0.2) is 17.1 Å². The molecule has 0 bridgehead atoms. The van der Waals surface area contributed by atoms with Crippen molar-refractivity contribution in [3.8, 4) is 0 Å². The molecule has 5 heteroatoms. The van der Waals surface area contributed by atoms with Gasteiger partial charge in [-0.3, -0.25) is 0 Å². The van der Waals surface area contributed by atoms with Crippen LogP contribution >= 0.6 is 27.5 Å². The molecule has 88 valence electrons. The molecule has 1 rings (SSSR count). The number of hydrogen-bond donors (Lipinski definition) is 2. The number of nitrogens with one attached hydrogen (secondary N) is 1. The van der Waals surface area contributed by atoms with Crippen LogP contribution in [0.25, 0.3) is 0 Å². The van der Waals surface area contributed by atoms with Gasteiger partial charge in [0.25, 0.3) is 0 Å². The van der Waals surface area contributed by atoms with Gasteiger partial charge in [0.1, 0.15) is 6.04 Å². The van der Waals surface area contributed by atoms with Crippen molar-refractivity contribution in [1.29, 1.82) is 0 Å². The average molecular weight is 307 g/mol. The molecular weight excluding hydrogens is 293 g/mol. The van der Waals surface area contributed by atoms with E-state index in [2.05, 4.69) is 21.2 Å². The molecule has 1 aromatic rings. The van der Waals surface area contributed by atoms with E-state index >= 15 is 0 Å². The first-order valence-electron chi connectivity index (χ1n) is 4.99. The Morgan fingerprint density at radius 2 is 2.31 bits per heavy atom. The van der Waals surface area contributed by atoms with Gasteiger partial charge in [0, 0.05) is 10.2 Å². The Balaban J connectivity index is 2.77. The number of carboxylic acids is 1. The molecule has 1 atom stereocenters. The topological polar surface area (TPSA) is 49.3 Å². The van der Waals surface area contributed by atoms with Crippen LogP contribution in [0.4, 0.5) is 5.69 Å². The van der Waals surface area contributed by atoms with Gasteiger partial charge in [-0.25, -0.2) is 4.79 Å². The zero-order valence-electron chi connectivity index (χ0n) is 8.84. The fraction of sp³-hybridized carbons (Fsp3) is 0.364. The lowest BCUT2D eigenvalue weighted by Gasteiger charge is -2.15. The van der Waals surface area contributed by atoms with Crippen molar-refractivity contribution in [2.24, 2.45) is 0 Å². The molecule has 2 N–H and O–H groups in total. The quantitative estimate of drug-likeness (QED) is 0.870. The summed E-state index contributed by atoms with van der Waals surface area (Å²) in [6.45, 7) is 1.95. The summed E-state index contributed by atoms with van der Waals surface area (Å²) in [5.74, 6) is -0.846. The number of carboxylic acid groups (broad SMARTS) is 1. The molecule has 0 spiro atoms. The normalized spacial score (nSPS) is 12.2. The summed E-state index contributed by atoms with van der Waals surface area (Å²) in [5, 5.41) is 12.5. The second kappa shape index (κ2) is 6.11. The summed E-state index contributed by atoms with van der Waals surface area (Å²) < 4.78 is 0.794. The molecule has 0 aliphatic heterocycles. The number of benzene rings is 1. The highest BCUT2D eigenvalue weighted by Gasteiger charge is 2.15. The summed E-state index contributed by atoms with van der Waals surface area (Å²) in [5.41, 5.74) is 0.717. The number of carbonyl (C=O) groups is 1. The highest BCUT2D eigenvalue weighted by atomic mass is 79.9. The number of aliphatic carboxylic acids is 1.